The molecular formula is C30H28N4O5. The van der Waals surface area contributed by atoms with Gasteiger partial charge in [-0.15, -0.1) is 0 Å². The first kappa shape index (κ1) is 25.7. The number of carboxylic acids is 1. The smallest absolute Gasteiger partial charge is 0.412 e. The Kier molecular flexibility index (Phi) is 7.40. The molecule has 1 aliphatic rings. The SMILES string of the molecule is Cn1nc(NC(=O)OCC2c3ccccc3-c3ccccc32)cc1C(=O)N(CCC(=O)O)Cc1ccccc1. The molecule has 0 fully saturated rings. The van der Waals surface area contributed by atoms with E-state index in [1.807, 2.05) is 66.7 Å². The van der Waals surface area contributed by atoms with Crippen molar-refractivity contribution in [1.82, 2.24) is 14.7 Å². The number of carbonyl (C=O) groups excluding carboxylic acids is 2. The van der Waals surface area contributed by atoms with E-state index in [2.05, 4.69) is 22.5 Å². The van der Waals surface area contributed by atoms with Crippen molar-refractivity contribution in [2.45, 2.75) is 18.9 Å². The molecule has 0 radical (unpaired) electrons. The summed E-state index contributed by atoms with van der Waals surface area (Å²) in [7, 11) is 1.59. The number of carbonyl (C=O) groups is 3. The van der Waals surface area contributed by atoms with E-state index >= 15 is 0 Å². The monoisotopic (exact) mass is 524 g/mol. The van der Waals surface area contributed by atoms with Crippen molar-refractivity contribution in [3.63, 3.8) is 0 Å². The van der Waals surface area contributed by atoms with Gasteiger partial charge >= 0.3 is 12.1 Å². The third-order valence-electron chi connectivity index (χ3n) is 6.77. The highest BCUT2D eigenvalue weighted by Crippen LogP contribution is 2.44. The van der Waals surface area contributed by atoms with Crippen molar-refractivity contribution < 1.29 is 24.2 Å². The maximum absolute atomic E-state index is 13.3. The lowest BCUT2D eigenvalue weighted by atomic mass is 9.98. The second-order valence-electron chi connectivity index (χ2n) is 9.35. The summed E-state index contributed by atoms with van der Waals surface area (Å²) in [4.78, 5) is 38.7. The van der Waals surface area contributed by atoms with E-state index in [1.54, 1.807) is 7.05 Å². The van der Waals surface area contributed by atoms with Crippen LogP contribution in [-0.2, 0) is 23.1 Å². The molecule has 198 valence electrons. The standard InChI is InChI=1S/C30H28N4O5/c1-33-26(29(37)34(16-15-28(35)36)18-20-9-3-2-4-10-20)17-27(32-33)31-30(38)39-19-25-23-13-7-5-11-21(23)22-12-6-8-14-24(22)25/h2-14,17,25H,15-16,18-19H2,1H3,(H,35,36)(H,31,32,38). The van der Waals surface area contributed by atoms with Gasteiger partial charge in [0.2, 0.25) is 0 Å². The molecule has 0 bridgehead atoms. The third-order valence-corrected chi connectivity index (χ3v) is 6.77. The number of benzene rings is 3. The number of amides is 2. The fraction of sp³-hybridized carbons (Fsp3) is 0.200. The van der Waals surface area contributed by atoms with E-state index in [0.717, 1.165) is 27.8 Å². The van der Waals surface area contributed by atoms with E-state index in [9.17, 15) is 14.4 Å². The van der Waals surface area contributed by atoms with Crippen molar-refractivity contribution in [3.8, 4) is 11.1 Å². The van der Waals surface area contributed by atoms with Gasteiger partial charge in [0.25, 0.3) is 5.91 Å². The predicted molar refractivity (Wildman–Crippen MR) is 145 cm³/mol. The van der Waals surface area contributed by atoms with Gasteiger partial charge < -0.3 is 14.7 Å². The average molecular weight is 525 g/mol. The maximum atomic E-state index is 13.3. The predicted octanol–water partition coefficient (Wildman–Crippen LogP) is 4.90. The zero-order valence-electron chi connectivity index (χ0n) is 21.4. The topological polar surface area (TPSA) is 114 Å². The molecule has 1 aromatic heterocycles. The van der Waals surface area contributed by atoms with Crippen LogP contribution in [0.3, 0.4) is 0 Å². The van der Waals surface area contributed by atoms with Crippen molar-refractivity contribution in [1.29, 1.82) is 0 Å². The van der Waals surface area contributed by atoms with Crippen molar-refractivity contribution in [2.75, 3.05) is 18.5 Å². The summed E-state index contributed by atoms with van der Waals surface area (Å²) in [6.07, 6.45) is -0.873. The Balaban J connectivity index is 1.26. The zero-order chi connectivity index (χ0) is 27.4. The van der Waals surface area contributed by atoms with Crippen LogP contribution in [0.5, 0.6) is 0 Å². The van der Waals surface area contributed by atoms with Crippen LogP contribution >= 0.6 is 0 Å². The molecule has 0 unspecified atom stereocenters. The van der Waals surface area contributed by atoms with E-state index in [1.165, 1.54) is 15.6 Å². The summed E-state index contributed by atoms with van der Waals surface area (Å²) in [6.45, 7) is 0.426. The fourth-order valence-electron chi connectivity index (χ4n) is 4.92. The number of aromatic nitrogens is 2. The minimum absolute atomic E-state index is 0.0311. The Morgan fingerprint density at radius 3 is 2.21 bits per heavy atom. The number of hydrogen-bond acceptors (Lipinski definition) is 5. The molecular weight excluding hydrogens is 496 g/mol. The highest BCUT2D eigenvalue weighted by atomic mass is 16.5. The number of fused-ring (bicyclic) bond motifs is 3. The van der Waals surface area contributed by atoms with Gasteiger partial charge in [0.15, 0.2) is 5.82 Å². The van der Waals surface area contributed by atoms with E-state index in [0.29, 0.717) is 0 Å². The number of hydrogen-bond donors (Lipinski definition) is 2. The normalized spacial score (nSPS) is 11.9. The van der Waals surface area contributed by atoms with Crippen molar-refractivity contribution >= 4 is 23.8 Å². The van der Waals surface area contributed by atoms with Gasteiger partial charge in [0.05, 0.1) is 6.42 Å². The molecule has 39 heavy (non-hydrogen) atoms. The van der Waals surface area contributed by atoms with E-state index in [-0.39, 0.29) is 43.5 Å². The van der Waals surface area contributed by atoms with Gasteiger partial charge in [-0.25, -0.2) is 4.79 Å². The largest absolute Gasteiger partial charge is 0.481 e. The number of anilines is 1. The lowest BCUT2D eigenvalue weighted by molar-refractivity contribution is -0.137. The molecule has 3 aromatic carbocycles. The van der Waals surface area contributed by atoms with Gasteiger partial charge in [-0.1, -0.05) is 78.9 Å². The molecule has 9 heteroatoms. The molecule has 0 saturated carbocycles. The maximum Gasteiger partial charge on any atom is 0.412 e. The zero-order valence-corrected chi connectivity index (χ0v) is 21.4. The summed E-state index contributed by atoms with van der Waals surface area (Å²) in [6, 6.07) is 26.9. The molecule has 1 aliphatic carbocycles. The molecule has 0 saturated heterocycles. The Hall–Kier alpha value is -4.92. The van der Waals surface area contributed by atoms with Gasteiger partial charge in [-0.3, -0.25) is 19.6 Å². The number of ether oxygens (including phenoxy) is 1. The Labute approximate surface area is 225 Å². The molecule has 0 aliphatic heterocycles. The minimum Gasteiger partial charge on any atom is -0.481 e. The van der Waals surface area contributed by atoms with Crippen molar-refractivity contribution in [3.05, 3.63) is 107 Å². The van der Waals surface area contributed by atoms with Gasteiger partial charge in [0.1, 0.15) is 12.3 Å². The second-order valence-corrected chi connectivity index (χ2v) is 9.35. The number of carboxylic acid groups (broad SMARTS) is 1. The highest BCUT2D eigenvalue weighted by molar-refractivity contribution is 5.94. The number of nitrogens with zero attached hydrogens (tertiary/aromatic N) is 3. The lowest BCUT2D eigenvalue weighted by Gasteiger charge is -2.22. The second kappa shape index (κ2) is 11.2. The van der Waals surface area contributed by atoms with Gasteiger partial charge in [-0.2, -0.15) is 5.10 Å². The van der Waals surface area contributed by atoms with Crippen LogP contribution < -0.4 is 5.32 Å². The molecule has 5 rings (SSSR count). The van der Waals surface area contributed by atoms with Crippen LogP contribution in [0.4, 0.5) is 10.6 Å². The minimum atomic E-state index is -0.997. The van der Waals surface area contributed by atoms with Gasteiger partial charge in [0, 0.05) is 32.1 Å². The average Bonchev–Trinajstić information content (AvgIpc) is 3.46. The van der Waals surface area contributed by atoms with Crippen LogP contribution in [0.25, 0.3) is 11.1 Å². The lowest BCUT2D eigenvalue weighted by Crippen LogP contribution is -2.33. The molecule has 2 N–H and O–H groups in total. The van der Waals surface area contributed by atoms with Crippen LogP contribution in [-0.4, -0.2) is 50.9 Å². The summed E-state index contributed by atoms with van der Waals surface area (Å²) >= 11 is 0. The summed E-state index contributed by atoms with van der Waals surface area (Å²) < 4.78 is 6.95. The first-order valence-corrected chi connectivity index (χ1v) is 12.6. The highest BCUT2D eigenvalue weighted by Gasteiger charge is 2.29. The first-order valence-electron chi connectivity index (χ1n) is 12.6. The van der Waals surface area contributed by atoms with E-state index < -0.39 is 18.0 Å². The number of nitrogens with one attached hydrogen (secondary N) is 1. The quantitative estimate of drug-likeness (QED) is 0.322. The Bertz CT molecular complexity index is 1470. The van der Waals surface area contributed by atoms with Crippen LogP contribution in [0.2, 0.25) is 0 Å². The van der Waals surface area contributed by atoms with Crippen molar-refractivity contribution in [2.24, 2.45) is 7.05 Å². The first-order chi connectivity index (χ1) is 18.9. The number of rotatable bonds is 9. The summed E-state index contributed by atoms with van der Waals surface area (Å²) in [5, 5.41) is 16.0. The third kappa shape index (κ3) is 5.67. The summed E-state index contributed by atoms with van der Waals surface area (Å²) in [5.41, 5.74) is 5.57. The number of aryl methyl sites for hydroxylation is 1. The molecule has 0 atom stereocenters. The number of aliphatic carboxylic acids is 1. The Morgan fingerprint density at radius 2 is 1.56 bits per heavy atom. The van der Waals surface area contributed by atoms with Crippen LogP contribution in [0.15, 0.2) is 84.9 Å². The molecule has 0 spiro atoms. The molecule has 4 aromatic rings. The Morgan fingerprint density at radius 1 is 0.949 bits per heavy atom. The van der Waals surface area contributed by atoms with Crippen LogP contribution in [0.1, 0.15) is 39.5 Å². The van der Waals surface area contributed by atoms with Gasteiger partial charge in [-0.05, 0) is 27.8 Å². The van der Waals surface area contributed by atoms with Crippen LogP contribution in [0, 0.1) is 0 Å². The summed E-state index contributed by atoms with van der Waals surface area (Å²) in [5.74, 6) is -1.31. The van der Waals surface area contributed by atoms with E-state index in [4.69, 9.17) is 9.84 Å². The fourth-order valence-corrected chi connectivity index (χ4v) is 4.92. The molecule has 9 nitrogen and oxygen atoms in total. The molecule has 1 heterocycles. The molecule has 2 amide bonds.